The summed E-state index contributed by atoms with van der Waals surface area (Å²) in [7, 11) is 1.68. The number of carbonyl (C=O) groups is 1. The summed E-state index contributed by atoms with van der Waals surface area (Å²) < 4.78 is 11.3. The van der Waals surface area contributed by atoms with Gasteiger partial charge in [0.2, 0.25) is 5.91 Å². The number of carbonyl (C=O) groups excluding carboxylic acids is 1. The monoisotopic (exact) mass is 366 g/mol. The van der Waals surface area contributed by atoms with Crippen molar-refractivity contribution in [1.82, 2.24) is 10.2 Å². The molecule has 2 aromatic rings. The molecule has 2 aliphatic heterocycles. The van der Waals surface area contributed by atoms with Crippen LogP contribution in [0.1, 0.15) is 23.5 Å². The van der Waals surface area contributed by atoms with Crippen LogP contribution in [-0.2, 0) is 16.1 Å². The number of hydrogen-bond acceptors (Lipinski definition) is 4. The zero-order valence-electron chi connectivity index (χ0n) is 15.7. The first-order valence-electron chi connectivity index (χ1n) is 9.47. The van der Waals surface area contributed by atoms with E-state index in [0.29, 0.717) is 19.6 Å². The highest BCUT2D eigenvalue weighted by molar-refractivity contribution is 5.77. The number of likely N-dealkylation sites (tertiary alicyclic amines) is 1. The minimum atomic E-state index is -0.408. The molecular weight excluding hydrogens is 340 g/mol. The summed E-state index contributed by atoms with van der Waals surface area (Å²) in [4.78, 5) is 14.8. The van der Waals surface area contributed by atoms with Gasteiger partial charge in [0.05, 0.1) is 25.9 Å². The fraction of sp³-hybridized carbons (Fsp3) is 0.409. The molecule has 0 radical (unpaired) electrons. The first-order valence-corrected chi connectivity index (χ1v) is 9.47. The Morgan fingerprint density at radius 3 is 2.89 bits per heavy atom. The maximum absolute atomic E-state index is 12.4. The summed E-state index contributed by atoms with van der Waals surface area (Å²) in [6, 6.07) is 18.6. The van der Waals surface area contributed by atoms with Crippen molar-refractivity contribution in [2.75, 3.05) is 33.4 Å². The molecule has 0 bridgehead atoms. The number of ether oxygens (including phenoxy) is 2. The lowest BCUT2D eigenvalue weighted by Gasteiger charge is -2.34. The topological polar surface area (TPSA) is 50.8 Å². The summed E-state index contributed by atoms with van der Waals surface area (Å²) in [6.45, 7) is 3.52. The number of rotatable bonds is 4. The zero-order chi connectivity index (χ0) is 18.7. The molecule has 4 rings (SSSR count). The van der Waals surface area contributed by atoms with Crippen LogP contribution in [0, 0.1) is 0 Å². The molecule has 2 saturated heterocycles. The molecule has 1 N–H and O–H groups in total. The highest BCUT2D eigenvalue weighted by Gasteiger charge is 2.49. The lowest BCUT2D eigenvalue weighted by Crippen LogP contribution is -2.55. The van der Waals surface area contributed by atoms with E-state index in [1.807, 2.05) is 18.2 Å². The Hall–Kier alpha value is -2.37. The average Bonchev–Trinajstić information content (AvgIpc) is 2.91. The third-order valence-corrected chi connectivity index (χ3v) is 5.58. The number of nitrogens with zero attached hydrogens (tertiary/aromatic N) is 1. The third-order valence-electron chi connectivity index (χ3n) is 5.58. The van der Waals surface area contributed by atoms with E-state index in [-0.39, 0.29) is 11.8 Å². The summed E-state index contributed by atoms with van der Waals surface area (Å²) in [5.41, 5.74) is 2.05. The van der Waals surface area contributed by atoms with Crippen LogP contribution in [0.5, 0.6) is 5.75 Å². The fourth-order valence-corrected chi connectivity index (χ4v) is 4.32. The molecule has 0 aromatic heterocycles. The predicted octanol–water partition coefficient (Wildman–Crippen LogP) is 2.57. The molecule has 2 heterocycles. The highest BCUT2D eigenvalue weighted by atomic mass is 16.5. The minimum absolute atomic E-state index is 0.0713. The first-order chi connectivity index (χ1) is 13.2. The first kappa shape index (κ1) is 18.0. The molecule has 0 saturated carbocycles. The largest absolute Gasteiger partial charge is 0.497 e. The number of nitrogens with one attached hydrogen (secondary N) is 1. The third kappa shape index (κ3) is 3.84. The van der Waals surface area contributed by atoms with Gasteiger partial charge >= 0.3 is 0 Å². The van der Waals surface area contributed by atoms with Gasteiger partial charge in [-0.25, -0.2) is 0 Å². The summed E-state index contributed by atoms with van der Waals surface area (Å²) in [5.74, 6) is 1.06. The van der Waals surface area contributed by atoms with E-state index < -0.39 is 5.54 Å². The van der Waals surface area contributed by atoms with Crippen molar-refractivity contribution in [2.45, 2.75) is 24.4 Å². The van der Waals surface area contributed by atoms with Gasteiger partial charge in [-0.2, -0.15) is 0 Å². The Bertz CT molecular complexity index is 795. The molecule has 27 heavy (non-hydrogen) atoms. The predicted molar refractivity (Wildman–Crippen MR) is 104 cm³/mol. The molecule has 2 aromatic carbocycles. The average molecular weight is 366 g/mol. The van der Waals surface area contributed by atoms with Gasteiger partial charge in [0.1, 0.15) is 5.75 Å². The smallest absolute Gasteiger partial charge is 0.222 e. The van der Waals surface area contributed by atoms with Crippen LogP contribution in [-0.4, -0.2) is 49.8 Å². The molecule has 5 nitrogen and oxygen atoms in total. The second-order valence-corrected chi connectivity index (χ2v) is 7.49. The summed E-state index contributed by atoms with van der Waals surface area (Å²) in [6.07, 6.45) is 0.422. The van der Waals surface area contributed by atoms with E-state index >= 15 is 0 Å². The van der Waals surface area contributed by atoms with Crippen molar-refractivity contribution < 1.29 is 14.3 Å². The van der Waals surface area contributed by atoms with E-state index in [0.717, 1.165) is 25.4 Å². The van der Waals surface area contributed by atoms with E-state index in [2.05, 4.69) is 46.6 Å². The van der Waals surface area contributed by atoms with E-state index in [9.17, 15) is 4.79 Å². The second kappa shape index (κ2) is 7.71. The minimum Gasteiger partial charge on any atom is -0.497 e. The van der Waals surface area contributed by atoms with Gasteiger partial charge in [0.25, 0.3) is 0 Å². The molecule has 0 aliphatic carbocycles. The van der Waals surface area contributed by atoms with Crippen LogP contribution in [0.2, 0.25) is 0 Å². The highest BCUT2D eigenvalue weighted by Crippen LogP contribution is 2.39. The van der Waals surface area contributed by atoms with Crippen LogP contribution < -0.4 is 10.1 Å². The van der Waals surface area contributed by atoms with Crippen LogP contribution in [0.25, 0.3) is 0 Å². The Morgan fingerprint density at radius 2 is 2.07 bits per heavy atom. The van der Waals surface area contributed by atoms with E-state index in [1.165, 1.54) is 11.1 Å². The van der Waals surface area contributed by atoms with Crippen molar-refractivity contribution in [2.24, 2.45) is 0 Å². The van der Waals surface area contributed by atoms with Crippen LogP contribution in [0.3, 0.4) is 0 Å². The molecule has 2 aliphatic rings. The zero-order valence-corrected chi connectivity index (χ0v) is 15.7. The Balaban J connectivity index is 1.65. The lowest BCUT2D eigenvalue weighted by molar-refractivity contribution is -0.122. The van der Waals surface area contributed by atoms with Crippen molar-refractivity contribution in [3.05, 3.63) is 65.7 Å². The van der Waals surface area contributed by atoms with Gasteiger partial charge in [-0.15, -0.1) is 0 Å². The molecular formula is C22H26N2O3. The van der Waals surface area contributed by atoms with Crippen molar-refractivity contribution >= 4 is 5.91 Å². The maximum Gasteiger partial charge on any atom is 0.222 e. The Morgan fingerprint density at radius 1 is 1.22 bits per heavy atom. The Labute approximate surface area is 160 Å². The number of hydrogen-bond donors (Lipinski definition) is 1. The van der Waals surface area contributed by atoms with E-state index in [1.54, 1.807) is 7.11 Å². The van der Waals surface area contributed by atoms with Gasteiger partial charge < -0.3 is 14.8 Å². The summed E-state index contributed by atoms with van der Waals surface area (Å²) >= 11 is 0. The molecule has 1 amide bonds. The van der Waals surface area contributed by atoms with Crippen molar-refractivity contribution in [3.63, 3.8) is 0 Å². The molecule has 0 unspecified atom stereocenters. The van der Waals surface area contributed by atoms with E-state index in [4.69, 9.17) is 9.47 Å². The molecule has 5 heteroatoms. The number of methoxy groups -OCH3 is 1. The SMILES string of the molecule is COc1cccc([C@@H]2CN(Cc3ccccc3)C[C@]23COCCC(=O)N3)c1. The Kier molecular flexibility index (Phi) is 5.14. The number of amides is 1. The van der Waals surface area contributed by atoms with Crippen molar-refractivity contribution in [3.8, 4) is 5.75 Å². The van der Waals surface area contributed by atoms with Crippen LogP contribution in [0.4, 0.5) is 0 Å². The van der Waals surface area contributed by atoms with Crippen molar-refractivity contribution in [1.29, 1.82) is 0 Å². The molecule has 1 spiro atoms. The normalized spacial score (nSPS) is 26.0. The van der Waals surface area contributed by atoms with Gasteiger partial charge in [-0.1, -0.05) is 42.5 Å². The lowest BCUT2D eigenvalue weighted by atomic mass is 9.82. The summed E-state index contributed by atoms with van der Waals surface area (Å²) in [5, 5.41) is 3.31. The molecule has 142 valence electrons. The van der Waals surface area contributed by atoms with Gasteiger partial charge in [-0.05, 0) is 23.3 Å². The fourth-order valence-electron chi connectivity index (χ4n) is 4.32. The maximum atomic E-state index is 12.4. The van der Waals surface area contributed by atoms with Gasteiger partial charge in [0, 0.05) is 32.0 Å². The van der Waals surface area contributed by atoms with Crippen LogP contribution >= 0.6 is 0 Å². The molecule has 2 fully saturated rings. The second-order valence-electron chi connectivity index (χ2n) is 7.49. The number of benzene rings is 2. The quantitative estimate of drug-likeness (QED) is 0.904. The van der Waals surface area contributed by atoms with Crippen LogP contribution in [0.15, 0.2) is 54.6 Å². The molecule has 2 atom stereocenters. The van der Waals surface area contributed by atoms with Gasteiger partial charge in [-0.3, -0.25) is 9.69 Å². The standard InChI is InChI=1S/C22H26N2O3/c1-26-19-9-5-8-18(12-19)20-14-24(13-17-6-3-2-4-7-17)15-22(20)16-27-11-10-21(25)23-22/h2-9,12,20H,10-11,13-16H2,1H3,(H,23,25)/t20-,22-/m0/s1. The van der Waals surface area contributed by atoms with Gasteiger partial charge in [0.15, 0.2) is 0 Å².